The zero-order valence-corrected chi connectivity index (χ0v) is 37.6. The molecule has 0 aliphatic rings. The van der Waals surface area contributed by atoms with Crippen LogP contribution in [0.1, 0.15) is 168 Å². The maximum absolute atomic E-state index is 12.3. The van der Waals surface area contributed by atoms with Crippen LogP contribution in [0.2, 0.25) is 0 Å². The van der Waals surface area contributed by atoms with E-state index < -0.39 is 18.0 Å². The van der Waals surface area contributed by atoms with E-state index in [1.807, 2.05) is 6.92 Å². The Balaban J connectivity index is 3.65. The van der Waals surface area contributed by atoms with Crippen molar-refractivity contribution in [1.29, 1.82) is 0 Å². The van der Waals surface area contributed by atoms with Gasteiger partial charge in [-0.2, -0.15) is 0 Å². The lowest BCUT2D eigenvalue weighted by atomic mass is 9.95. The lowest BCUT2D eigenvalue weighted by molar-refractivity contribution is -0.142. The minimum atomic E-state index is -1.15. The van der Waals surface area contributed by atoms with Crippen LogP contribution in [-0.4, -0.2) is 123 Å². The summed E-state index contributed by atoms with van der Waals surface area (Å²) in [6.45, 7) is 5.83. The summed E-state index contributed by atoms with van der Waals surface area (Å²) in [6, 6.07) is -1.10. The third-order valence-electron chi connectivity index (χ3n) is 10.3. The number of nitrogens with one attached hydrogen (secondary N) is 3. The van der Waals surface area contributed by atoms with Crippen molar-refractivity contribution in [2.45, 2.75) is 174 Å². The molecule has 16 nitrogen and oxygen atoms in total. The number of carboxylic acid groups (broad SMARTS) is 2. The van der Waals surface area contributed by atoms with Crippen LogP contribution in [0.3, 0.4) is 0 Å². The number of rotatable bonds is 46. The molecule has 0 aliphatic heterocycles. The second-order valence-electron chi connectivity index (χ2n) is 15.7. The number of ketones is 2. The van der Waals surface area contributed by atoms with E-state index in [-0.39, 0.29) is 114 Å². The van der Waals surface area contributed by atoms with Crippen LogP contribution >= 0.6 is 0 Å². The summed E-state index contributed by atoms with van der Waals surface area (Å²) in [7, 11) is 0. The first-order valence-corrected chi connectivity index (χ1v) is 23.1. The molecule has 0 aromatic heterocycles. The average molecular weight is 872 g/mol. The van der Waals surface area contributed by atoms with Gasteiger partial charge in [-0.1, -0.05) is 90.4 Å². The van der Waals surface area contributed by atoms with Crippen molar-refractivity contribution in [1.82, 2.24) is 16.0 Å². The molecule has 61 heavy (non-hydrogen) atoms. The first-order chi connectivity index (χ1) is 29.5. The lowest BCUT2D eigenvalue weighted by Gasteiger charge is -2.14. The van der Waals surface area contributed by atoms with Crippen LogP contribution < -0.4 is 16.0 Å². The SMILES string of the molecule is CCC(CCCCNC(=O)COCCOCCNC(=O)COCCOCCCC(=O)CCC(NC(=O)CCCCCCCCCCCCCCCCC(=O)O)C(=O)O)C(C)=O. The Morgan fingerprint density at radius 2 is 0.967 bits per heavy atom. The number of hydrogen-bond donors (Lipinski definition) is 5. The van der Waals surface area contributed by atoms with Crippen LogP contribution in [-0.2, 0) is 52.5 Å². The van der Waals surface area contributed by atoms with Crippen molar-refractivity contribution in [2.24, 2.45) is 5.92 Å². The fourth-order valence-electron chi connectivity index (χ4n) is 6.58. The van der Waals surface area contributed by atoms with Crippen LogP contribution in [0, 0.1) is 5.92 Å². The van der Waals surface area contributed by atoms with Gasteiger partial charge >= 0.3 is 11.9 Å². The molecule has 0 spiro atoms. The van der Waals surface area contributed by atoms with Crippen molar-refractivity contribution in [3.05, 3.63) is 0 Å². The quantitative estimate of drug-likeness (QED) is 0.0436. The van der Waals surface area contributed by atoms with Gasteiger partial charge in [0.25, 0.3) is 0 Å². The van der Waals surface area contributed by atoms with Crippen molar-refractivity contribution in [2.75, 3.05) is 65.9 Å². The third-order valence-corrected chi connectivity index (χ3v) is 10.3. The van der Waals surface area contributed by atoms with E-state index in [0.29, 0.717) is 32.5 Å². The molecular weight excluding hydrogens is 791 g/mol. The summed E-state index contributed by atoms with van der Waals surface area (Å²) in [4.78, 5) is 82.1. The standard InChI is InChI=1S/C45H81N3O13/c1-3-38(37(2)49)21-18-19-27-46-42(52)35-61-34-32-59-30-28-47-43(53)36-60-33-31-58-29-20-22-39(50)25-26-40(45(56)57)48-41(51)23-16-14-12-10-8-6-4-5-7-9-11-13-15-17-24-44(54)55/h38,40H,3-36H2,1-2H3,(H,46,52)(H,47,53)(H,48,51)(H,54,55)(H,56,57). The van der Waals surface area contributed by atoms with Gasteiger partial charge in [0.2, 0.25) is 17.7 Å². The molecule has 0 heterocycles. The molecule has 0 fully saturated rings. The molecule has 5 N–H and O–H groups in total. The van der Waals surface area contributed by atoms with Gasteiger partial charge in [-0.15, -0.1) is 0 Å². The highest BCUT2D eigenvalue weighted by Crippen LogP contribution is 2.15. The number of carboxylic acids is 2. The van der Waals surface area contributed by atoms with Crippen molar-refractivity contribution in [3.8, 4) is 0 Å². The number of carbonyl (C=O) groups is 7. The number of aliphatic carboxylic acids is 2. The number of ether oxygens (including phenoxy) is 4. The molecule has 2 atom stereocenters. The molecule has 0 radical (unpaired) electrons. The minimum Gasteiger partial charge on any atom is -0.481 e. The Hall–Kier alpha value is -3.47. The highest BCUT2D eigenvalue weighted by Gasteiger charge is 2.21. The van der Waals surface area contributed by atoms with Gasteiger partial charge in [-0.3, -0.25) is 28.8 Å². The third kappa shape index (κ3) is 40.4. The summed E-state index contributed by atoms with van der Waals surface area (Å²) in [5, 5.41) is 26.2. The Kier molecular flexibility index (Phi) is 39.5. The summed E-state index contributed by atoms with van der Waals surface area (Å²) >= 11 is 0. The second kappa shape index (κ2) is 41.9. The second-order valence-corrected chi connectivity index (χ2v) is 15.7. The van der Waals surface area contributed by atoms with Gasteiger partial charge < -0.3 is 45.1 Å². The van der Waals surface area contributed by atoms with E-state index in [4.69, 9.17) is 24.1 Å². The van der Waals surface area contributed by atoms with Crippen molar-refractivity contribution < 1.29 is 62.7 Å². The molecular formula is C45H81N3O13. The van der Waals surface area contributed by atoms with Gasteiger partial charge in [-0.05, 0) is 51.9 Å². The fraction of sp³-hybridized carbons (Fsp3) is 0.844. The van der Waals surface area contributed by atoms with E-state index in [1.54, 1.807) is 6.92 Å². The topological polar surface area (TPSA) is 233 Å². The molecule has 0 aromatic carbocycles. The first-order valence-electron chi connectivity index (χ1n) is 23.1. The average Bonchev–Trinajstić information content (AvgIpc) is 3.22. The molecule has 0 aliphatic carbocycles. The van der Waals surface area contributed by atoms with E-state index in [2.05, 4.69) is 16.0 Å². The van der Waals surface area contributed by atoms with E-state index in [0.717, 1.165) is 64.2 Å². The molecule has 0 saturated carbocycles. The molecule has 0 rings (SSSR count). The number of carbonyl (C=O) groups excluding carboxylic acids is 5. The Morgan fingerprint density at radius 1 is 0.475 bits per heavy atom. The minimum absolute atomic E-state index is 0.0380. The molecule has 354 valence electrons. The van der Waals surface area contributed by atoms with E-state index in [9.17, 15) is 38.7 Å². The van der Waals surface area contributed by atoms with Gasteiger partial charge in [0.05, 0.1) is 33.0 Å². The Morgan fingerprint density at radius 3 is 1.48 bits per heavy atom. The predicted octanol–water partition coefficient (Wildman–Crippen LogP) is 6.10. The normalized spacial score (nSPS) is 12.1. The maximum Gasteiger partial charge on any atom is 0.326 e. The Labute approximate surface area is 365 Å². The summed E-state index contributed by atoms with van der Waals surface area (Å²) in [5.41, 5.74) is 0. The van der Waals surface area contributed by atoms with Crippen LogP contribution in [0.5, 0.6) is 0 Å². The highest BCUT2D eigenvalue weighted by molar-refractivity contribution is 5.84. The molecule has 2 unspecified atom stereocenters. The lowest BCUT2D eigenvalue weighted by Crippen LogP contribution is -2.41. The van der Waals surface area contributed by atoms with E-state index >= 15 is 0 Å². The summed E-state index contributed by atoms with van der Waals surface area (Å²) in [6.07, 6.45) is 19.8. The molecule has 0 aromatic rings. The number of amides is 3. The fourth-order valence-corrected chi connectivity index (χ4v) is 6.58. The van der Waals surface area contributed by atoms with Crippen molar-refractivity contribution >= 4 is 41.2 Å². The largest absolute Gasteiger partial charge is 0.481 e. The zero-order chi connectivity index (χ0) is 45.2. The van der Waals surface area contributed by atoms with Gasteiger partial charge in [0, 0.05) is 51.3 Å². The van der Waals surface area contributed by atoms with Gasteiger partial charge in [-0.25, -0.2) is 4.79 Å². The molecule has 0 saturated heterocycles. The first kappa shape index (κ1) is 57.5. The summed E-state index contributed by atoms with van der Waals surface area (Å²) in [5.74, 6) is -2.46. The smallest absolute Gasteiger partial charge is 0.326 e. The number of unbranched alkanes of at least 4 members (excludes halogenated alkanes) is 14. The number of hydrogen-bond acceptors (Lipinski definition) is 11. The van der Waals surface area contributed by atoms with Crippen LogP contribution in [0.15, 0.2) is 0 Å². The Bertz CT molecular complexity index is 1190. The molecule has 0 bridgehead atoms. The van der Waals surface area contributed by atoms with Crippen LogP contribution in [0.25, 0.3) is 0 Å². The van der Waals surface area contributed by atoms with Gasteiger partial charge in [0.1, 0.15) is 30.8 Å². The highest BCUT2D eigenvalue weighted by atomic mass is 16.5. The van der Waals surface area contributed by atoms with Gasteiger partial charge in [0.15, 0.2) is 0 Å². The van der Waals surface area contributed by atoms with Crippen molar-refractivity contribution in [3.63, 3.8) is 0 Å². The summed E-state index contributed by atoms with van der Waals surface area (Å²) < 4.78 is 21.5. The molecule has 3 amide bonds. The molecule has 16 heteroatoms. The van der Waals surface area contributed by atoms with E-state index in [1.165, 1.54) is 44.9 Å². The monoisotopic (exact) mass is 872 g/mol. The maximum atomic E-state index is 12.3. The predicted molar refractivity (Wildman–Crippen MR) is 232 cm³/mol. The zero-order valence-electron chi connectivity index (χ0n) is 37.6. The number of Topliss-reactive ketones (excluding diaryl/α,β-unsaturated/α-hetero) is 2. The van der Waals surface area contributed by atoms with Crippen LogP contribution in [0.4, 0.5) is 0 Å².